The van der Waals surface area contributed by atoms with E-state index in [1.807, 2.05) is 11.8 Å². The van der Waals surface area contributed by atoms with Gasteiger partial charge >= 0.3 is 30.2 Å². The van der Waals surface area contributed by atoms with Crippen molar-refractivity contribution in [2.24, 2.45) is 5.92 Å². The van der Waals surface area contributed by atoms with Crippen LogP contribution in [0.4, 0.5) is 0 Å². The number of fused-ring (bicyclic) bond motifs is 2. The van der Waals surface area contributed by atoms with Gasteiger partial charge in [-0.25, -0.2) is 6.08 Å². The Balaban J connectivity index is 0. The summed E-state index contributed by atoms with van der Waals surface area (Å²) in [6, 6.07) is 19.6. The van der Waals surface area contributed by atoms with Crippen LogP contribution in [0.15, 0.2) is 82.8 Å². The fourth-order valence-electron chi connectivity index (χ4n) is 3.73. The van der Waals surface area contributed by atoms with Crippen molar-refractivity contribution in [2.45, 2.75) is 27.7 Å². The Bertz CT molecular complexity index is 1130. The molecule has 0 unspecified atom stereocenters. The van der Waals surface area contributed by atoms with Gasteiger partial charge in [0.1, 0.15) is 0 Å². The number of halogens is 2. The van der Waals surface area contributed by atoms with Gasteiger partial charge in [0.2, 0.25) is 0 Å². The molecule has 0 nitrogen and oxygen atoms in total. The molecule has 0 aromatic heterocycles. The molecular weight excluding hydrogens is 571 g/mol. The second kappa shape index (κ2) is 16.9. The normalized spacial score (nSPS) is 12.5. The summed E-state index contributed by atoms with van der Waals surface area (Å²) >= 11 is 3.25. The number of thioether (sulfide) groups is 1. The molecule has 0 amide bonds. The summed E-state index contributed by atoms with van der Waals surface area (Å²) in [7, 11) is 0. The Kier molecular flexibility index (Phi) is 17.6. The van der Waals surface area contributed by atoms with Crippen LogP contribution in [0.25, 0.3) is 21.9 Å². The first-order valence-electron chi connectivity index (χ1n) is 10.2. The van der Waals surface area contributed by atoms with E-state index in [9.17, 15) is 0 Å². The third kappa shape index (κ3) is 8.45. The quantitative estimate of drug-likeness (QED) is 0.208. The molecule has 0 saturated heterocycles. The van der Waals surface area contributed by atoms with E-state index < -0.39 is 0 Å². The molecule has 1 heterocycles. The van der Waals surface area contributed by atoms with Gasteiger partial charge in [0, 0.05) is 5.75 Å². The Morgan fingerprint density at radius 2 is 1.65 bits per heavy atom. The molecule has 3 aromatic rings. The standard InChI is InChI=1S/C17H15.C10H11S.2CH3.2ClH.Si.Zr/c1-12-10-16-13(2)8-9-15(17(16)11-12)14-6-4-3-5-7-14;1-7(2)9-5-8-3-4-11-10(8)6-9;;;;;;/h3-11H,1-2H3;3,5,7H,4H2,1-2H3;2*1H3;2*1H;;/q4*-1;;;;. The van der Waals surface area contributed by atoms with Gasteiger partial charge in [0.15, 0.2) is 0 Å². The number of aryl methyl sites for hydroxylation is 2. The van der Waals surface area contributed by atoms with Gasteiger partial charge in [-0.3, -0.25) is 0 Å². The summed E-state index contributed by atoms with van der Waals surface area (Å²) in [6.45, 7) is 11.8. The third-order valence-corrected chi connectivity index (χ3v) is 6.28. The second-order valence-electron chi connectivity index (χ2n) is 7.84. The average Bonchev–Trinajstić information content (AvgIpc) is 3.45. The molecule has 0 N–H and O–H groups in total. The summed E-state index contributed by atoms with van der Waals surface area (Å²) in [5, 5.41) is 2.75. The SMILES string of the molecule is CC(C)C1=CC2=CCSC2=[C-]1.Cc1cc2c(-c3ccccc3)ccc(C)c2[cH-]1.Cl.Cl.[CH3-].[CH3-].[Si]=[Zr]. The number of hydrogen-bond acceptors (Lipinski definition) is 1. The van der Waals surface area contributed by atoms with Crippen LogP contribution < -0.4 is 0 Å². The van der Waals surface area contributed by atoms with Crippen LogP contribution in [0.2, 0.25) is 0 Å². The van der Waals surface area contributed by atoms with Gasteiger partial charge in [-0.15, -0.1) is 69.8 Å². The minimum absolute atomic E-state index is 0. The zero-order valence-corrected chi connectivity index (χ0v) is 26.8. The Morgan fingerprint density at radius 3 is 2.24 bits per heavy atom. The van der Waals surface area contributed by atoms with Crippen molar-refractivity contribution in [1.82, 2.24) is 0 Å². The van der Waals surface area contributed by atoms with Crippen LogP contribution in [0.3, 0.4) is 0 Å². The van der Waals surface area contributed by atoms with E-state index in [4.69, 9.17) is 0 Å². The molecule has 2 radical (unpaired) electrons. The predicted molar refractivity (Wildman–Crippen MR) is 158 cm³/mol. The first-order valence-corrected chi connectivity index (χ1v) is 15.4. The van der Waals surface area contributed by atoms with Crippen molar-refractivity contribution < 1.29 is 23.3 Å². The molecule has 34 heavy (non-hydrogen) atoms. The van der Waals surface area contributed by atoms with Gasteiger partial charge in [0.05, 0.1) is 0 Å². The molecule has 5 heteroatoms. The van der Waals surface area contributed by atoms with Crippen LogP contribution in [-0.2, 0) is 23.3 Å². The molecule has 3 aromatic carbocycles. The number of hydrogen-bond donors (Lipinski definition) is 0. The van der Waals surface area contributed by atoms with Gasteiger partial charge in [0.25, 0.3) is 0 Å². The summed E-state index contributed by atoms with van der Waals surface area (Å²) in [4.78, 5) is 1.36. The van der Waals surface area contributed by atoms with Crippen LogP contribution >= 0.6 is 36.6 Å². The van der Waals surface area contributed by atoms with Crippen LogP contribution in [0.5, 0.6) is 0 Å². The summed E-state index contributed by atoms with van der Waals surface area (Å²) < 4.78 is 0. The zero-order valence-electron chi connectivity index (χ0n) is 20.9. The van der Waals surface area contributed by atoms with Crippen molar-refractivity contribution >= 4 is 54.2 Å². The van der Waals surface area contributed by atoms with E-state index in [-0.39, 0.29) is 39.7 Å². The van der Waals surface area contributed by atoms with Crippen LogP contribution in [-0.4, -0.2) is 12.6 Å². The number of benzene rings is 2. The third-order valence-electron chi connectivity index (χ3n) is 5.32. The van der Waals surface area contributed by atoms with Crippen molar-refractivity contribution in [1.29, 1.82) is 0 Å². The van der Waals surface area contributed by atoms with Crippen LogP contribution in [0.1, 0.15) is 25.0 Å². The topological polar surface area (TPSA) is 0 Å². The molecule has 0 fully saturated rings. The summed E-state index contributed by atoms with van der Waals surface area (Å²) in [5.41, 5.74) is 8.08. The van der Waals surface area contributed by atoms with Crippen molar-refractivity contribution in [3.63, 3.8) is 0 Å². The fraction of sp³-hybridized carbons (Fsp3) is 0.207. The van der Waals surface area contributed by atoms with Gasteiger partial charge in [-0.2, -0.15) is 35.1 Å². The molecule has 5 rings (SSSR count). The first-order chi connectivity index (χ1) is 14.5. The molecule has 1 aliphatic heterocycles. The van der Waals surface area contributed by atoms with E-state index in [1.54, 1.807) is 0 Å². The first kappa shape index (κ1) is 35.5. The average molecular weight is 605 g/mol. The maximum atomic E-state index is 3.42. The molecule has 1 aliphatic carbocycles. The Labute approximate surface area is 241 Å². The molecule has 0 spiro atoms. The van der Waals surface area contributed by atoms with Crippen LogP contribution in [0, 0.1) is 40.7 Å². The van der Waals surface area contributed by atoms with Crippen molar-refractivity contribution in [2.75, 3.05) is 5.75 Å². The fourth-order valence-corrected chi connectivity index (χ4v) is 4.66. The van der Waals surface area contributed by atoms with E-state index >= 15 is 0 Å². The van der Waals surface area contributed by atoms with Gasteiger partial charge < -0.3 is 14.9 Å². The van der Waals surface area contributed by atoms with E-state index in [0.717, 1.165) is 5.75 Å². The molecule has 0 atom stereocenters. The molecule has 0 bridgehead atoms. The van der Waals surface area contributed by atoms with Gasteiger partial charge in [-0.1, -0.05) is 69.7 Å². The Morgan fingerprint density at radius 1 is 1.00 bits per heavy atom. The van der Waals surface area contributed by atoms with E-state index in [2.05, 4.69) is 107 Å². The number of allylic oxidation sites excluding steroid dienone is 4. The van der Waals surface area contributed by atoms with Gasteiger partial charge in [-0.05, 0) is 11.5 Å². The minimum atomic E-state index is 0. The molecule has 2 aliphatic rings. The van der Waals surface area contributed by atoms with E-state index in [0.29, 0.717) is 5.92 Å². The number of rotatable bonds is 2. The van der Waals surface area contributed by atoms with Crippen molar-refractivity contribution in [3.05, 3.63) is 115 Å². The molecule has 0 saturated carbocycles. The second-order valence-corrected chi connectivity index (χ2v) is 8.87. The monoisotopic (exact) mass is 602 g/mol. The van der Waals surface area contributed by atoms with Crippen molar-refractivity contribution in [3.8, 4) is 11.1 Å². The predicted octanol–water partition coefficient (Wildman–Crippen LogP) is 9.15. The van der Waals surface area contributed by atoms with E-state index in [1.165, 1.54) is 72.4 Å². The summed E-state index contributed by atoms with van der Waals surface area (Å²) in [5.74, 6) is 1.76. The molecular formula is C29H34Cl2SSiZr-4. The molecule has 182 valence electrons. The zero-order chi connectivity index (χ0) is 21.7. The Hall–Kier alpha value is -0.700. The summed E-state index contributed by atoms with van der Waals surface area (Å²) in [6.07, 6.45) is 7.97. The maximum absolute atomic E-state index is 3.42.